The number of nitrogens with zero attached hydrogens (tertiary/aromatic N) is 1. The number of nitrogens with one attached hydrogen (secondary N) is 1. The molecule has 0 spiro atoms. The van der Waals surface area contributed by atoms with Crippen molar-refractivity contribution in [1.82, 2.24) is 10.2 Å². The number of hydrogen-bond donors (Lipinski definition) is 1. The molecule has 7 heteroatoms. The smallest absolute Gasteiger partial charge is 0.251 e. The number of amides is 2. The standard InChI is InChI=1S/C19H20Cl2N2O2S/c1-22-19(25)14-5-3-13(4-6-14)10-23(2)18(24)12-26-11-15-7-8-16(20)9-17(15)21/h3-9H,10-12H2,1-2H3,(H,22,25). The third kappa shape index (κ3) is 5.94. The number of carbonyl (C=O) groups excluding carboxylic acids is 2. The van der Waals surface area contributed by atoms with E-state index >= 15 is 0 Å². The summed E-state index contributed by atoms with van der Waals surface area (Å²) in [6, 6.07) is 12.6. The molecule has 2 aromatic carbocycles. The van der Waals surface area contributed by atoms with Gasteiger partial charge in [-0.3, -0.25) is 9.59 Å². The summed E-state index contributed by atoms with van der Waals surface area (Å²) in [7, 11) is 3.36. The van der Waals surface area contributed by atoms with E-state index in [0.717, 1.165) is 11.1 Å². The lowest BCUT2D eigenvalue weighted by atomic mass is 10.1. The molecule has 0 aromatic heterocycles. The summed E-state index contributed by atoms with van der Waals surface area (Å²) >= 11 is 13.5. The molecule has 2 amide bonds. The summed E-state index contributed by atoms with van der Waals surface area (Å²) in [6.07, 6.45) is 0. The molecule has 4 nitrogen and oxygen atoms in total. The van der Waals surface area contributed by atoms with Gasteiger partial charge in [0.1, 0.15) is 0 Å². The summed E-state index contributed by atoms with van der Waals surface area (Å²) in [5.74, 6) is 0.927. The summed E-state index contributed by atoms with van der Waals surface area (Å²) < 4.78 is 0. The van der Waals surface area contributed by atoms with E-state index in [1.54, 1.807) is 43.3 Å². The summed E-state index contributed by atoms with van der Waals surface area (Å²) in [6.45, 7) is 0.495. The molecule has 0 fully saturated rings. The van der Waals surface area contributed by atoms with Gasteiger partial charge in [-0.25, -0.2) is 0 Å². The fraction of sp³-hybridized carbons (Fsp3) is 0.263. The molecule has 0 bridgehead atoms. The molecule has 0 unspecified atom stereocenters. The molecule has 0 heterocycles. The van der Waals surface area contributed by atoms with E-state index in [0.29, 0.717) is 33.7 Å². The zero-order valence-corrected chi connectivity index (χ0v) is 16.9. The molecule has 0 radical (unpaired) electrons. The number of thioether (sulfide) groups is 1. The molecular formula is C19H20Cl2N2O2S. The van der Waals surface area contributed by atoms with Gasteiger partial charge in [0.25, 0.3) is 5.91 Å². The molecule has 2 aromatic rings. The molecular weight excluding hydrogens is 391 g/mol. The highest BCUT2D eigenvalue weighted by Gasteiger charge is 2.11. The van der Waals surface area contributed by atoms with Crippen LogP contribution in [0.1, 0.15) is 21.5 Å². The Hall–Kier alpha value is -1.69. The second-order valence-electron chi connectivity index (χ2n) is 5.75. The molecule has 0 saturated carbocycles. The van der Waals surface area contributed by atoms with Crippen molar-refractivity contribution in [2.75, 3.05) is 19.8 Å². The van der Waals surface area contributed by atoms with Gasteiger partial charge in [0.15, 0.2) is 0 Å². The second kappa shape index (κ2) is 9.86. The Kier molecular flexibility index (Phi) is 7.82. The minimum atomic E-state index is -0.127. The van der Waals surface area contributed by atoms with Crippen molar-refractivity contribution in [3.63, 3.8) is 0 Å². The van der Waals surface area contributed by atoms with Crippen LogP contribution in [0.5, 0.6) is 0 Å². The van der Waals surface area contributed by atoms with E-state index < -0.39 is 0 Å². The third-order valence-electron chi connectivity index (χ3n) is 3.79. The van der Waals surface area contributed by atoms with Gasteiger partial charge < -0.3 is 10.2 Å². The largest absolute Gasteiger partial charge is 0.355 e. The minimum absolute atomic E-state index is 0.0375. The van der Waals surface area contributed by atoms with Gasteiger partial charge in [-0.05, 0) is 35.4 Å². The van der Waals surface area contributed by atoms with Crippen LogP contribution in [-0.2, 0) is 17.1 Å². The van der Waals surface area contributed by atoms with E-state index in [2.05, 4.69) is 5.32 Å². The molecule has 0 aliphatic rings. The SMILES string of the molecule is CNC(=O)c1ccc(CN(C)C(=O)CSCc2ccc(Cl)cc2Cl)cc1. The van der Waals surface area contributed by atoms with Gasteiger partial charge >= 0.3 is 0 Å². The normalized spacial score (nSPS) is 10.5. The number of carbonyl (C=O) groups is 2. The molecule has 0 aliphatic heterocycles. The highest BCUT2D eigenvalue weighted by atomic mass is 35.5. The van der Waals surface area contributed by atoms with E-state index in [4.69, 9.17) is 23.2 Å². The fourth-order valence-electron chi connectivity index (χ4n) is 2.27. The Labute approximate surface area is 167 Å². The number of rotatable bonds is 7. The maximum atomic E-state index is 12.3. The van der Waals surface area contributed by atoms with Crippen molar-refractivity contribution in [3.05, 3.63) is 69.2 Å². The Morgan fingerprint density at radius 2 is 1.81 bits per heavy atom. The summed E-state index contributed by atoms with van der Waals surface area (Å²) in [5.41, 5.74) is 2.53. The zero-order valence-electron chi connectivity index (χ0n) is 14.6. The maximum Gasteiger partial charge on any atom is 0.251 e. The van der Waals surface area contributed by atoms with Gasteiger partial charge in [0, 0.05) is 42.0 Å². The van der Waals surface area contributed by atoms with Crippen molar-refractivity contribution in [1.29, 1.82) is 0 Å². The monoisotopic (exact) mass is 410 g/mol. The Balaban J connectivity index is 1.82. The van der Waals surface area contributed by atoms with E-state index in [-0.39, 0.29) is 11.8 Å². The van der Waals surface area contributed by atoms with Crippen LogP contribution in [0.4, 0.5) is 0 Å². The Morgan fingerprint density at radius 3 is 2.42 bits per heavy atom. The van der Waals surface area contributed by atoms with Crippen LogP contribution in [0, 0.1) is 0 Å². The first-order valence-corrected chi connectivity index (χ1v) is 9.88. The topological polar surface area (TPSA) is 49.4 Å². The van der Waals surface area contributed by atoms with Crippen molar-refractivity contribution >= 4 is 46.8 Å². The molecule has 2 rings (SSSR count). The van der Waals surface area contributed by atoms with Crippen molar-refractivity contribution < 1.29 is 9.59 Å². The molecule has 1 N–H and O–H groups in total. The quantitative estimate of drug-likeness (QED) is 0.741. The second-order valence-corrected chi connectivity index (χ2v) is 7.58. The number of benzene rings is 2. The van der Waals surface area contributed by atoms with Crippen LogP contribution in [0.3, 0.4) is 0 Å². The van der Waals surface area contributed by atoms with Crippen LogP contribution in [-0.4, -0.2) is 36.6 Å². The van der Waals surface area contributed by atoms with Crippen LogP contribution in [0.25, 0.3) is 0 Å². The third-order valence-corrected chi connectivity index (χ3v) is 5.34. The van der Waals surface area contributed by atoms with E-state index in [1.165, 1.54) is 11.8 Å². The average molecular weight is 411 g/mol. The zero-order chi connectivity index (χ0) is 19.1. The van der Waals surface area contributed by atoms with Gasteiger partial charge in [0.2, 0.25) is 5.91 Å². The van der Waals surface area contributed by atoms with Crippen molar-refractivity contribution in [3.8, 4) is 0 Å². The van der Waals surface area contributed by atoms with Crippen molar-refractivity contribution in [2.24, 2.45) is 0 Å². The summed E-state index contributed by atoms with van der Waals surface area (Å²) in [4.78, 5) is 25.5. The Bertz CT molecular complexity index is 782. The molecule has 26 heavy (non-hydrogen) atoms. The molecule has 0 aliphatic carbocycles. The van der Waals surface area contributed by atoms with Crippen LogP contribution in [0.2, 0.25) is 10.0 Å². The summed E-state index contributed by atoms with van der Waals surface area (Å²) in [5, 5.41) is 3.79. The van der Waals surface area contributed by atoms with E-state index in [9.17, 15) is 9.59 Å². The lowest BCUT2D eigenvalue weighted by Crippen LogP contribution is -2.27. The maximum absolute atomic E-state index is 12.3. The van der Waals surface area contributed by atoms with Gasteiger partial charge in [0.05, 0.1) is 5.75 Å². The molecule has 0 atom stereocenters. The predicted molar refractivity (Wildman–Crippen MR) is 109 cm³/mol. The van der Waals surface area contributed by atoms with Gasteiger partial charge in [-0.2, -0.15) is 0 Å². The number of halogens is 2. The van der Waals surface area contributed by atoms with Crippen LogP contribution < -0.4 is 5.32 Å². The lowest BCUT2D eigenvalue weighted by molar-refractivity contribution is -0.127. The van der Waals surface area contributed by atoms with Crippen LogP contribution >= 0.6 is 35.0 Å². The first-order valence-electron chi connectivity index (χ1n) is 7.97. The number of hydrogen-bond acceptors (Lipinski definition) is 3. The first-order chi connectivity index (χ1) is 12.4. The first kappa shape index (κ1) is 20.6. The highest BCUT2D eigenvalue weighted by molar-refractivity contribution is 7.99. The van der Waals surface area contributed by atoms with Crippen LogP contribution in [0.15, 0.2) is 42.5 Å². The van der Waals surface area contributed by atoms with Gasteiger partial charge in [-0.15, -0.1) is 11.8 Å². The molecule has 138 valence electrons. The lowest BCUT2D eigenvalue weighted by Gasteiger charge is -2.17. The fourth-order valence-corrected chi connectivity index (χ4v) is 3.79. The predicted octanol–water partition coefficient (Wildman–Crippen LogP) is 4.24. The van der Waals surface area contributed by atoms with Gasteiger partial charge in [-0.1, -0.05) is 41.4 Å². The minimum Gasteiger partial charge on any atom is -0.355 e. The average Bonchev–Trinajstić information content (AvgIpc) is 2.63. The molecule has 0 saturated heterocycles. The highest BCUT2D eigenvalue weighted by Crippen LogP contribution is 2.24. The van der Waals surface area contributed by atoms with Crippen molar-refractivity contribution in [2.45, 2.75) is 12.3 Å². The van der Waals surface area contributed by atoms with E-state index in [1.807, 2.05) is 18.2 Å². The Morgan fingerprint density at radius 1 is 1.12 bits per heavy atom.